The van der Waals surface area contributed by atoms with Crippen molar-refractivity contribution in [2.75, 3.05) is 32.9 Å². The van der Waals surface area contributed by atoms with E-state index in [9.17, 15) is 4.79 Å². The summed E-state index contributed by atoms with van der Waals surface area (Å²) >= 11 is 5.88. The fraction of sp³-hybridized carbons (Fsp3) is 0.462. The van der Waals surface area contributed by atoms with Crippen LogP contribution in [0.5, 0.6) is 0 Å². The van der Waals surface area contributed by atoms with E-state index < -0.39 is 0 Å². The van der Waals surface area contributed by atoms with Gasteiger partial charge in [-0.2, -0.15) is 0 Å². The van der Waals surface area contributed by atoms with Gasteiger partial charge in [-0.15, -0.1) is 0 Å². The number of nitrogen functional groups attached to an aromatic ring is 1. The van der Waals surface area contributed by atoms with E-state index >= 15 is 0 Å². The Morgan fingerprint density at radius 3 is 2.56 bits per heavy atom. The van der Waals surface area contributed by atoms with Crippen molar-refractivity contribution in [3.8, 4) is 0 Å². The summed E-state index contributed by atoms with van der Waals surface area (Å²) in [5, 5.41) is 0.561. The summed E-state index contributed by atoms with van der Waals surface area (Å²) in [6.45, 7) is 3.94. The van der Waals surface area contributed by atoms with Gasteiger partial charge >= 0.3 is 0 Å². The van der Waals surface area contributed by atoms with Gasteiger partial charge in [0.15, 0.2) is 0 Å². The standard InChI is InChI=1S/C13H20ClN3O/c1-4-17(9-13(18)16(2)3)8-10-5-6-11(14)12(15)7-10/h5-7H,4,8-9,15H2,1-3H3. The molecule has 0 atom stereocenters. The highest BCUT2D eigenvalue weighted by molar-refractivity contribution is 6.33. The van der Waals surface area contributed by atoms with Crippen LogP contribution in [0, 0.1) is 0 Å². The third-order valence-electron chi connectivity index (χ3n) is 2.77. The smallest absolute Gasteiger partial charge is 0.236 e. The molecular formula is C13H20ClN3O. The Labute approximate surface area is 113 Å². The molecule has 0 radical (unpaired) electrons. The number of hydrogen-bond acceptors (Lipinski definition) is 3. The van der Waals surface area contributed by atoms with E-state index in [0.717, 1.165) is 12.1 Å². The molecule has 100 valence electrons. The molecule has 1 amide bonds. The summed E-state index contributed by atoms with van der Waals surface area (Å²) < 4.78 is 0. The van der Waals surface area contributed by atoms with Gasteiger partial charge in [0.1, 0.15) is 0 Å². The van der Waals surface area contributed by atoms with Crippen LogP contribution >= 0.6 is 11.6 Å². The number of hydrogen-bond donors (Lipinski definition) is 1. The van der Waals surface area contributed by atoms with Crippen molar-refractivity contribution < 1.29 is 4.79 Å². The molecule has 0 aliphatic carbocycles. The van der Waals surface area contributed by atoms with Crippen LogP contribution in [0.1, 0.15) is 12.5 Å². The topological polar surface area (TPSA) is 49.6 Å². The number of anilines is 1. The van der Waals surface area contributed by atoms with Crippen LogP contribution in [-0.2, 0) is 11.3 Å². The van der Waals surface area contributed by atoms with Crippen LogP contribution in [0.2, 0.25) is 5.02 Å². The Bertz CT molecular complexity index is 421. The average Bonchev–Trinajstić information content (AvgIpc) is 2.32. The molecule has 0 heterocycles. The highest BCUT2D eigenvalue weighted by atomic mass is 35.5. The van der Waals surface area contributed by atoms with Gasteiger partial charge in [-0.05, 0) is 24.2 Å². The summed E-state index contributed by atoms with van der Waals surface area (Å²) in [5.74, 6) is 0.0961. The molecule has 0 aromatic heterocycles. The molecule has 1 rings (SSSR count). The maximum atomic E-state index is 11.7. The highest BCUT2D eigenvalue weighted by Crippen LogP contribution is 2.20. The Balaban J connectivity index is 2.68. The molecule has 5 heteroatoms. The molecule has 0 fully saturated rings. The number of likely N-dealkylation sites (N-methyl/N-ethyl adjacent to an activating group) is 2. The monoisotopic (exact) mass is 269 g/mol. The molecule has 0 saturated heterocycles. The van der Waals surface area contributed by atoms with Gasteiger partial charge in [-0.1, -0.05) is 24.6 Å². The minimum Gasteiger partial charge on any atom is -0.398 e. The summed E-state index contributed by atoms with van der Waals surface area (Å²) in [5.41, 5.74) is 7.40. The van der Waals surface area contributed by atoms with Crippen molar-refractivity contribution >= 4 is 23.2 Å². The predicted octanol–water partition coefficient (Wildman–Crippen LogP) is 1.83. The van der Waals surface area contributed by atoms with E-state index in [1.165, 1.54) is 0 Å². The third-order valence-corrected chi connectivity index (χ3v) is 3.12. The maximum Gasteiger partial charge on any atom is 0.236 e. The molecule has 4 nitrogen and oxygen atoms in total. The van der Waals surface area contributed by atoms with E-state index in [-0.39, 0.29) is 5.91 Å². The largest absolute Gasteiger partial charge is 0.398 e. The van der Waals surface area contributed by atoms with Crippen molar-refractivity contribution in [3.05, 3.63) is 28.8 Å². The third kappa shape index (κ3) is 4.20. The predicted molar refractivity (Wildman–Crippen MR) is 75.5 cm³/mol. The molecule has 1 aromatic carbocycles. The molecule has 2 N–H and O–H groups in total. The Hall–Kier alpha value is -1.26. The molecule has 0 spiro atoms. The number of amides is 1. The van der Waals surface area contributed by atoms with Crippen molar-refractivity contribution in [2.24, 2.45) is 0 Å². The Kier molecular flexibility index (Phi) is 5.44. The van der Waals surface area contributed by atoms with Crippen LogP contribution in [0.4, 0.5) is 5.69 Å². The Morgan fingerprint density at radius 1 is 1.39 bits per heavy atom. The van der Waals surface area contributed by atoms with Crippen molar-refractivity contribution in [1.29, 1.82) is 0 Å². The molecule has 18 heavy (non-hydrogen) atoms. The van der Waals surface area contributed by atoms with E-state index in [1.54, 1.807) is 25.1 Å². The van der Waals surface area contributed by atoms with E-state index in [1.807, 2.05) is 19.1 Å². The lowest BCUT2D eigenvalue weighted by Crippen LogP contribution is -2.36. The first-order valence-electron chi connectivity index (χ1n) is 5.90. The second kappa shape index (κ2) is 6.61. The molecule has 0 bridgehead atoms. The molecule has 1 aromatic rings. The van der Waals surface area contributed by atoms with Crippen LogP contribution in [-0.4, -0.2) is 42.9 Å². The fourth-order valence-corrected chi connectivity index (χ4v) is 1.68. The zero-order valence-electron chi connectivity index (χ0n) is 11.1. The van der Waals surface area contributed by atoms with Gasteiger partial charge in [0.25, 0.3) is 0 Å². The van der Waals surface area contributed by atoms with Gasteiger partial charge in [-0.25, -0.2) is 0 Å². The highest BCUT2D eigenvalue weighted by Gasteiger charge is 2.11. The number of benzene rings is 1. The lowest BCUT2D eigenvalue weighted by Gasteiger charge is -2.22. The minimum atomic E-state index is 0.0961. The lowest BCUT2D eigenvalue weighted by atomic mass is 10.2. The number of rotatable bonds is 5. The van der Waals surface area contributed by atoms with E-state index in [4.69, 9.17) is 17.3 Å². The average molecular weight is 270 g/mol. The van der Waals surface area contributed by atoms with Gasteiger partial charge < -0.3 is 10.6 Å². The number of halogens is 1. The second-order valence-electron chi connectivity index (χ2n) is 4.45. The van der Waals surface area contributed by atoms with E-state index in [2.05, 4.69) is 4.90 Å². The SMILES string of the molecule is CCN(CC(=O)N(C)C)Cc1ccc(Cl)c(N)c1. The van der Waals surface area contributed by atoms with E-state index in [0.29, 0.717) is 23.8 Å². The normalized spacial score (nSPS) is 10.7. The fourth-order valence-electron chi connectivity index (χ4n) is 1.56. The van der Waals surface area contributed by atoms with Gasteiger partial charge in [0.2, 0.25) is 5.91 Å². The number of carbonyl (C=O) groups is 1. The summed E-state index contributed by atoms with van der Waals surface area (Å²) in [6.07, 6.45) is 0. The first-order valence-corrected chi connectivity index (χ1v) is 6.28. The molecular weight excluding hydrogens is 250 g/mol. The summed E-state index contributed by atoms with van der Waals surface area (Å²) in [4.78, 5) is 15.3. The maximum absolute atomic E-state index is 11.7. The lowest BCUT2D eigenvalue weighted by molar-refractivity contribution is -0.130. The second-order valence-corrected chi connectivity index (χ2v) is 4.85. The van der Waals surface area contributed by atoms with Crippen molar-refractivity contribution in [2.45, 2.75) is 13.5 Å². The molecule has 0 aliphatic heterocycles. The first kappa shape index (κ1) is 14.8. The minimum absolute atomic E-state index is 0.0961. The zero-order chi connectivity index (χ0) is 13.7. The zero-order valence-corrected chi connectivity index (χ0v) is 11.9. The molecule has 0 saturated carbocycles. The number of nitrogens with zero attached hydrogens (tertiary/aromatic N) is 2. The summed E-state index contributed by atoms with van der Waals surface area (Å²) in [7, 11) is 3.52. The molecule has 0 unspecified atom stereocenters. The van der Waals surface area contributed by atoms with Gasteiger partial charge in [0, 0.05) is 20.6 Å². The number of carbonyl (C=O) groups excluding carboxylic acids is 1. The van der Waals surface area contributed by atoms with Crippen LogP contribution in [0.15, 0.2) is 18.2 Å². The van der Waals surface area contributed by atoms with Crippen molar-refractivity contribution in [3.63, 3.8) is 0 Å². The van der Waals surface area contributed by atoms with Crippen LogP contribution in [0.25, 0.3) is 0 Å². The van der Waals surface area contributed by atoms with Crippen LogP contribution in [0.3, 0.4) is 0 Å². The quantitative estimate of drug-likeness (QED) is 0.830. The van der Waals surface area contributed by atoms with Gasteiger partial charge in [-0.3, -0.25) is 9.69 Å². The first-order chi connectivity index (χ1) is 8.43. The van der Waals surface area contributed by atoms with Crippen LogP contribution < -0.4 is 5.73 Å². The Morgan fingerprint density at radius 2 is 2.06 bits per heavy atom. The number of nitrogens with two attached hydrogens (primary N) is 1. The van der Waals surface area contributed by atoms with Crippen molar-refractivity contribution in [1.82, 2.24) is 9.80 Å². The summed E-state index contributed by atoms with van der Waals surface area (Å²) in [6, 6.07) is 5.57. The molecule has 0 aliphatic rings. The van der Waals surface area contributed by atoms with Gasteiger partial charge in [0.05, 0.1) is 17.3 Å².